The summed E-state index contributed by atoms with van der Waals surface area (Å²) in [6.45, 7) is 2.78. The Balaban J connectivity index is 2.11. The first kappa shape index (κ1) is 14.4. The third-order valence-corrected chi connectivity index (χ3v) is 3.21. The van der Waals surface area contributed by atoms with Crippen LogP contribution in [0.5, 0.6) is 0 Å². The molecule has 2 rings (SSSR count). The van der Waals surface area contributed by atoms with Crippen molar-refractivity contribution in [1.29, 1.82) is 0 Å². The van der Waals surface area contributed by atoms with Gasteiger partial charge in [0.25, 0.3) is 0 Å². The quantitative estimate of drug-likeness (QED) is 0.836. The van der Waals surface area contributed by atoms with Crippen LogP contribution in [0, 0.1) is 17.9 Å². The van der Waals surface area contributed by atoms with Crippen LogP contribution in [-0.2, 0) is 13.0 Å². The fraction of sp³-hybridized carbons (Fsp3) is 0.263. The molecule has 0 aromatic heterocycles. The van der Waals surface area contributed by atoms with E-state index in [1.165, 1.54) is 18.4 Å². The Hall–Kier alpha value is -2.04. The standard InChI is InChI=1S/C19H20N/c1-2-3-5-17-6-4-7-18(14-17)11-8-16-9-12-19(15-20)13-10-16/h6-7,9-10,12-14H,2-3,5,15,20H2,1H3. The third-order valence-electron chi connectivity index (χ3n) is 3.21. The predicted octanol–water partition coefficient (Wildman–Crippen LogP) is 3.69. The van der Waals surface area contributed by atoms with Crippen molar-refractivity contribution in [3.05, 3.63) is 70.8 Å². The van der Waals surface area contributed by atoms with Crippen molar-refractivity contribution in [2.45, 2.75) is 32.7 Å². The molecule has 1 radical (unpaired) electrons. The van der Waals surface area contributed by atoms with Gasteiger partial charge in [-0.1, -0.05) is 43.4 Å². The summed E-state index contributed by atoms with van der Waals surface area (Å²) in [6.07, 6.45) is 3.53. The van der Waals surface area contributed by atoms with Crippen LogP contribution in [0.15, 0.2) is 42.5 Å². The first-order valence-electron chi connectivity index (χ1n) is 7.13. The zero-order chi connectivity index (χ0) is 14.2. The molecule has 0 spiro atoms. The third kappa shape index (κ3) is 4.26. The normalized spacial score (nSPS) is 9.90. The average molecular weight is 262 g/mol. The highest BCUT2D eigenvalue weighted by Gasteiger charge is 1.94. The maximum Gasteiger partial charge on any atom is 0.0257 e. The van der Waals surface area contributed by atoms with Crippen molar-refractivity contribution in [1.82, 2.24) is 0 Å². The molecule has 0 aliphatic carbocycles. The molecular weight excluding hydrogens is 242 g/mol. The van der Waals surface area contributed by atoms with Crippen LogP contribution >= 0.6 is 0 Å². The van der Waals surface area contributed by atoms with Crippen molar-refractivity contribution < 1.29 is 0 Å². The molecule has 20 heavy (non-hydrogen) atoms. The minimum Gasteiger partial charge on any atom is -0.326 e. The van der Waals surface area contributed by atoms with E-state index in [0.717, 1.165) is 23.1 Å². The average Bonchev–Trinajstić information content (AvgIpc) is 2.52. The SMILES string of the molecule is CCCCc1c[c]cc(C#Cc2ccc(CN)cc2)c1. The summed E-state index contributed by atoms with van der Waals surface area (Å²) in [4.78, 5) is 0. The van der Waals surface area contributed by atoms with Gasteiger partial charge < -0.3 is 5.73 Å². The number of benzene rings is 2. The second kappa shape index (κ2) is 7.53. The van der Waals surface area contributed by atoms with Gasteiger partial charge in [0.2, 0.25) is 0 Å². The van der Waals surface area contributed by atoms with Gasteiger partial charge in [0, 0.05) is 17.7 Å². The molecule has 1 heteroatoms. The van der Waals surface area contributed by atoms with Crippen LogP contribution in [-0.4, -0.2) is 0 Å². The minimum absolute atomic E-state index is 0.572. The Morgan fingerprint density at radius 2 is 1.75 bits per heavy atom. The van der Waals surface area contributed by atoms with E-state index in [1.54, 1.807) is 0 Å². The monoisotopic (exact) mass is 262 g/mol. The number of hydrogen-bond acceptors (Lipinski definition) is 1. The fourth-order valence-electron chi connectivity index (χ4n) is 1.99. The van der Waals surface area contributed by atoms with Crippen LogP contribution in [0.25, 0.3) is 0 Å². The molecule has 2 aromatic carbocycles. The summed E-state index contributed by atoms with van der Waals surface area (Å²) in [5.41, 5.74) is 10.1. The van der Waals surface area contributed by atoms with Gasteiger partial charge >= 0.3 is 0 Å². The van der Waals surface area contributed by atoms with Gasteiger partial charge in [-0.05, 0) is 54.3 Å². The minimum atomic E-state index is 0.572. The molecule has 0 unspecified atom stereocenters. The van der Waals surface area contributed by atoms with Gasteiger partial charge in [0.05, 0.1) is 0 Å². The number of hydrogen-bond donors (Lipinski definition) is 1. The number of unbranched alkanes of at least 4 members (excludes halogenated alkanes) is 1. The lowest BCUT2D eigenvalue weighted by atomic mass is 10.1. The molecule has 0 atom stereocenters. The zero-order valence-corrected chi connectivity index (χ0v) is 11.9. The zero-order valence-electron chi connectivity index (χ0n) is 11.9. The lowest BCUT2D eigenvalue weighted by Crippen LogP contribution is -1.95. The van der Waals surface area contributed by atoms with Crippen molar-refractivity contribution in [3.63, 3.8) is 0 Å². The molecule has 0 saturated carbocycles. The van der Waals surface area contributed by atoms with E-state index in [0.29, 0.717) is 6.54 Å². The summed E-state index contributed by atoms with van der Waals surface area (Å²) in [6, 6.07) is 17.4. The Bertz CT molecular complexity index is 600. The lowest BCUT2D eigenvalue weighted by Gasteiger charge is -1.99. The Kier molecular flexibility index (Phi) is 5.41. The van der Waals surface area contributed by atoms with Gasteiger partial charge in [0.15, 0.2) is 0 Å². The topological polar surface area (TPSA) is 26.0 Å². The van der Waals surface area contributed by atoms with Gasteiger partial charge in [-0.25, -0.2) is 0 Å². The van der Waals surface area contributed by atoms with E-state index in [-0.39, 0.29) is 0 Å². The van der Waals surface area contributed by atoms with Gasteiger partial charge in [-0.15, -0.1) is 0 Å². The molecule has 0 amide bonds. The molecule has 2 N–H and O–H groups in total. The van der Waals surface area contributed by atoms with E-state index < -0.39 is 0 Å². The highest BCUT2D eigenvalue weighted by Crippen LogP contribution is 2.08. The molecule has 0 heterocycles. The van der Waals surface area contributed by atoms with E-state index in [9.17, 15) is 0 Å². The van der Waals surface area contributed by atoms with E-state index >= 15 is 0 Å². The van der Waals surface area contributed by atoms with Gasteiger partial charge in [0.1, 0.15) is 0 Å². The van der Waals surface area contributed by atoms with Crippen molar-refractivity contribution >= 4 is 0 Å². The van der Waals surface area contributed by atoms with Crippen LogP contribution in [0.3, 0.4) is 0 Å². The second-order valence-electron chi connectivity index (χ2n) is 4.88. The summed E-state index contributed by atoms with van der Waals surface area (Å²) in [7, 11) is 0. The predicted molar refractivity (Wildman–Crippen MR) is 84.2 cm³/mol. The molecule has 0 fully saturated rings. The molecule has 0 saturated heterocycles. The summed E-state index contributed by atoms with van der Waals surface area (Å²) >= 11 is 0. The van der Waals surface area contributed by atoms with Crippen molar-refractivity contribution in [2.24, 2.45) is 5.73 Å². The van der Waals surface area contributed by atoms with Gasteiger partial charge in [-0.2, -0.15) is 0 Å². The van der Waals surface area contributed by atoms with Crippen LogP contribution in [0.4, 0.5) is 0 Å². The maximum absolute atomic E-state index is 5.58. The highest BCUT2D eigenvalue weighted by atomic mass is 14.5. The number of nitrogens with two attached hydrogens (primary N) is 1. The largest absolute Gasteiger partial charge is 0.326 e. The smallest absolute Gasteiger partial charge is 0.0257 e. The van der Waals surface area contributed by atoms with Crippen LogP contribution in [0.1, 0.15) is 42.0 Å². The molecule has 0 aliphatic rings. The Morgan fingerprint density at radius 3 is 2.45 bits per heavy atom. The molecule has 101 valence electrons. The Labute approximate surface area is 121 Å². The first-order chi connectivity index (χ1) is 9.81. The summed E-state index contributed by atoms with van der Waals surface area (Å²) in [5.74, 6) is 6.39. The van der Waals surface area contributed by atoms with Crippen LogP contribution < -0.4 is 5.73 Å². The highest BCUT2D eigenvalue weighted by molar-refractivity contribution is 5.44. The molecular formula is C19H20N. The van der Waals surface area contributed by atoms with E-state index in [4.69, 9.17) is 5.73 Å². The maximum atomic E-state index is 5.58. The Morgan fingerprint density at radius 1 is 1.00 bits per heavy atom. The van der Waals surface area contributed by atoms with Crippen molar-refractivity contribution in [2.75, 3.05) is 0 Å². The lowest BCUT2D eigenvalue weighted by molar-refractivity contribution is 0.795. The van der Waals surface area contributed by atoms with E-state index in [1.807, 2.05) is 30.3 Å². The second-order valence-corrected chi connectivity index (χ2v) is 4.88. The first-order valence-corrected chi connectivity index (χ1v) is 7.13. The number of rotatable bonds is 4. The molecule has 0 aliphatic heterocycles. The molecule has 2 aromatic rings. The molecule has 0 bridgehead atoms. The number of aryl methyl sites for hydroxylation is 1. The van der Waals surface area contributed by atoms with Crippen molar-refractivity contribution in [3.8, 4) is 11.8 Å². The van der Waals surface area contributed by atoms with E-state index in [2.05, 4.69) is 37.0 Å². The van der Waals surface area contributed by atoms with Crippen LogP contribution in [0.2, 0.25) is 0 Å². The summed E-state index contributed by atoms with van der Waals surface area (Å²) in [5, 5.41) is 0. The summed E-state index contributed by atoms with van der Waals surface area (Å²) < 4.78 is 0. The fourth-order valence-corrected chi connectivity index (χ4v) is 1.99. The molecule has 1 nitrogen and oxygen atoms in total. The van der Waals surface area contributed by atoms with Gasteiger partial charge in [-0.3, -0.25) is 0 Å².